The van der Waals surface area contributed by atoms with Gasteiger partial charge in [0.1, 0.15) is 0 Å². The fourth-order valence-corrected chi connectivity index (χ4v) is 3.56. The molecule has 3 rings (SSSR count). The number of hydrogen-bond acceptors (Lipinski definition) is 5. The fraction of sp³-hybridized carbons (Fsp3) is 0.588. The van der Waals surface area contributed by atoms with E-state index in [9.17, 15) is 4.79 Å². The van der Waals surface area contributed by atoms with Gasteiger partial charge in [-0.15, -0.1) is 0 Å². The summed E-state index contributed by atoms with van der Waals surface area (Å²) in [6, 6.07) is 3.96. The molecule has 2 saturated heterocycles. The van der Waals surface area contributed by atoms with Crippen LogP contribution in [0, 0.1) is 0 Å². The monoisotopic (exact) mass is 320 g/mol. The van der Waals surface area contributed by atoms with Crippen LogP contribution in [0.5, 0.6) is 17.2 Å². The van der Waals surface area contributed by atoms with Gasteiger partial charge in [0, 0.05) is 31.2 Å². The second-order valence-corrected chi connectivity index (χ2v) is 6.00. The van der Waals surface area contributed by atoms with Gasteiger partial charge in [0.15, 0.2) is 11.5 Å². The van der Waals surface area contributed by atoms with Crippen molar-refractivity contribution < 1.29 is 19.0 Å². The Labute approximate surface area is 136 Å². The van der Waals surface area contributed by atoms with E-state index in [-0.39, 0.29) is 5.91 Å². The van der Waals surface area contributed by atoms with Gasteiger partial charge in [-0.3, -0.25) is 9.69 Å². The fourth-order valence-electron chi connectivity index (χ4n) is 3.56. The quantitative estimate of drug-likeness (QED) is 0.844. The molecule has 2 aliphatic rings. The van der Waals surface area contributed by atoms with E-state index in [0.29, 0.717) is 28.9 Å². The minimum Gasteiger partial charge on any atom is -0.493 e. The molecule has 0 aliphatic carbocycles. The average molecular weight is 320 g/mol. The van der Waals surface area contributed by atoms with Gasteiger partial charge in [0.2, 0.25) is 5.75 Å². The first-order valence-corrected chi connectivity index (χ1v) is 8.01. The van der Waals surface area contributed by atoms with Crippen molar-refractivity contribution in [1.82, 2.24) is 9.80 Å². The molecule has 2 fully saturated rings. The lowest BCUT2D eigenvalue weighted by Gasteiger charge is -2.37. The van der Waals surface area contributed by atoms with E-state index in [4.69, 9.17) is 14.2 Å². The topological polar surface area (TPSA) is 51.2 Å². The molecule has 0 radical (unpaired) electrons. The van der Waals surface area contributed by atoms with E-state index < -0.39 is 0 Å². The Morgan fingerprint density at radius 3 is 2.35 bits per heavy atom. The Kier molecular flexibility index (Phi) is 4.61. The summed E-state index contributed by atoms with van der Waals surface area (Å²) in [4.78, 5) is 17.3. The van der Waals surface area contributed by atoms with Gasteiger partial charge < -0.3 is 19.1 Å². The maximum absolute atomic E-state index is 12.9. The molecule has 6 heteroatoms. The molecular weight excluding hydrogens is 296 g/mol. The van der Waals surface area contributed by atoms with Crippen LogP contribution < -0.4 is 14.2 Å². The molecule has 0 saturated carbocycles. The Morgan fingerprint density at radius 1 is 1.04 bits per heavy atom. The highest BCUT2D eigenvalue weighted by Gasteiger charge is 2.33. The smallest absolute Gasteiger partial charge is 0.254 e. The summed E-state index contributed by atoms with van der Waals surface area (Å²) in [6.45, 7) is 3.69. The van der Waals surface area contributed by atoms with E-state index in [2.05, 4.69) is 4.90 Å². The van der Waals surface area contributed by atoms with Crippen LogP contribution in [0.2, 0.25) is 0 Å². The molecule has 0 spiro atoms. The maximum atomic E-state index is 12.9. The summed E-state index contributed by atoms with van der Waals surface area (Å²) in [5, 5.41) is 0. The van der Waals surface area contributed by atoms with E-state index >= 15 is 0 Å². The number of hydrogen-bond donors (Lipinski definition) is 0. The zero-order valence-electron chi connectivity index (χ0n) is 14.0. The van der Waals surface area contributed by atoms with Gasteiger partial charge in [-0.1, -0.05) is 0 Å². The summed E-state index contributed by atoms with van der Waals surface area (Å²) >= 11 is 0. The van der Waals surface area contributed by atoms with Crippen LogP contribution in [0.4, 0.5) is 0 Å². The van der Waals surface area contributed by atoms with Crippen LogP contribution in [0.25, 0.3) is 0 Å². The van der Waals surface area contributed by atoms with Crippen LogP contribution >= 0.6 is 0 Å². The predicted molar refractivity (Wildman–Crippen MR) is 86.6 cm³/mol. The predicted octanol–water partition coefficient (Wildman–Crippen LogP) is 1.63. The van der Waals surface area contributed by atoms with E-state index in [1.165, 1.54) is 12.8 Å². The highest BCUT2D eigenvalue weighted by molar-refractivity contribution is 5.95. The van der Waals surface area contributed by atoms with Crippen molar-refractivity contribution in [3.05, 3.63) is 17.7 Å². The van der Waals surface area contributed by atoms with Crippen molar-refractivity contribution in [2.45, 2.75) is 18.9 Å². The van der Waals surface area contributed by atoms with E-state index in [1.54, 1.807) is 33.5 Å². The first kappa shape index (κ1) is 15.9. The number of carbonyl (C=O) groups is 1. The molecule has 2 aliphatic heterocycles. The van der Waals surface area contributed by atoms with Gasteiger partial charge in [-0.2, -0.15) is 0 Å². The number of carbonyl (C=O) groups excluding carboxylic acids is 1. The van der Waals surface area contributed by atoms with Crippen LogP contribution in [0.3, 0.4) is 0 Å². The molecule has 0 N–H and O–H groups in total. The Morgan fingerprint density at radius 2 is 1.74 bits per heavy atom. The Bertz CT molecular complexity index is 565. The number of rotatable bonds is 4. The molecule has 1 atom stereocenters. The zero-order chi connectivity index (χ0) is 16.4. The molecular formula is C17H24N2O4. The second-order valence-electron chi connectivity index (χ2n) is 6.00. The molecule has 1 amide bonds. The third-order valence-corrected chi connectivity index (χ3v) is 4.79. The lowest BCUT2D eigenvalue weighted by atomic mass is 10.1. The summed E-state index contributed by atoms with van der Waals surface area (Å²) in [6.07, 6.45) is 2.41. The zero-order valence-corrected chi connectivity index (χ0v) is 14.0. The van der Waals surface area contributed by atoms with E-state index in [0.717, 1.165) is 26.2 Å². The van der Waals surface area contributed by atoms with Gasteiger partial charge in [-0.05, 0) is 31.5 Å². The third kappa shape index (κ3) is 2.95. The number of benzene rings is 1. The first-order valence-electron chi connectivity index (χ1n) is 8.01. The summed E-state index contributed by atoms with van der Waals surface area (Å²) in [5.41, 5.74) is 0.575. The van der Waals surface area contributed by atoms with E-state index in [1.807, 2.05) is 4.90 Å². The normalized spacial score (nSPS) is 21.0. The maximum Gasteiger partial charge on any atom is 0.254 e. The molecule has 126 valence electrons. The number of methoxy groups -OCH3 is 3. The van der Waals surface area contributed by atoms with Crippen LogP contribution in [0.15, 0.2) is 12.1 Å². The minimum atomic E-state index is 0.0239. The van der Waals surface area contributed by atoms with Crippen molar-refractivity contribution >= 4 is 5.91 Å². The molecule has 0 unspecified atom stereocenters. The van der Waals surface area contributed by atoms with Crippen LogP contribution in [0.1, 0.15) is 23.2 Å². The number of piperazine rings is 1. The lowest BCUT2D eigenvalue weighted by Crippen LogP contribution is -2.52. The van der Waals surface area contributed by atoms with Crippen molar-refractivity contribution in [1.29, 1.82) is 0 Å². The molecule has 1 aromatic rings. The minimum absolute atomic E-state index is 0.0239. The van der Waals surface area contributed by atoms with Gasteiger partial charge in [-0.25, -0.2) is 0 Å². The molecule has 1 aromatic carbocycles. The van der Waals surface area contributed by atoms with Gasteiger partial charge in [0.25, 0.3) is 5.91 Å². The molecule has 0 aromatic heterocycles. The molecule has 23 heavy (non-hydrogen) atoms. The Hall–Kier alpha value is -1.95. The largest absolute Gasteiger partial charge is 0.493 e. The van der Waals surface area contributed by atoms with Crippen molar-refractivity contribution in [2.75, 3.05) is 47.5 Å². The number of amides is 1. The highest BCUT2D eigenvalue weighted by atomic mass is 16.5. The van der Waals surface area contributed by atoms with Gasteiger partial charge >= 0.3 is 0 Å². The SMILES string of the molecule is COc1cc(C(=O)N2CCN3CCC[C@@H]3C2)cc(OC)c1OC. The number of nitrogens with zero attached hydrogens (tertiary/aromatic N) is 2. The molecule has 2 heterocycles. The van der Waals surface area contributed by atoms with Gasteiger partial charge in [0.05, 0.1) is 21.3 Å². The third-order valence-electron chi connectivity index (χ3n) is 4.79. The first-order chi connectivity index (χ1) is 11.2. The molecule has 6 nitrogen and oxygen atoms in total. The van der Waals surface area contributed by atoms with Crippen molar-refractivity contribution in [2.24, 2.45) is 0 Å². The molecule has 0 bridgehead atoms. The number of ether oxygens (including phenoxy) is 3. The second kappa shape index (κ2) is 6.66. The standard InChI is InChI=1S/C17H24N2O4/c1-21-14-9-12(10-15(22-2)16(14)23-3)17(20)19-8-7-18-6-4-5-13(18)11-19/h9-10,13H,4-8,11H2,1-3H3/t13-/m1/s1. The lowest BCUT2D eigenvalue weighted by molar-refractivity contribution is 0.0570. The van der Waals surface area contributed by atoms with Crippen LogP contribution in [-0.4, -0.2) is 69.3 Å². The average Bonchev–Trinajstić information content (AvgIpc) is 3.07. The summed E-state index contributed by atoms with van der Waals surface area (Å²) in [5.74, 6) is 1.55. The Balaban J connectivity index is 1.84. The number of fused-ring (bicyclic) bond motifs is 1. The summed E-state index contributed by atoms with van der Waals surface area (Å²) in [7, 11) is 4.67. The van der Waals surface area contributed by atoms with Crippen molar-refractivity contribution in [3.63, 3.8) is 0 Å². The highest BCUT2D eigenvalue weighted by Crippen LogP contribution is 2.38. The van der Waals surface area contributed by atoms with Crippen molar-refractivity contribution in [3.8, 4) is 17.2 Å². The summed E-state index contributed by atoms with van der Waals surface area (Å²) < 4.78 is 16.0. The van der Waals surface area contributed by atoms with Crippen LogP contribution in [-0.2, 0) is 0 Å².